The van der Waals surface area contributed by atoms with Crippen LogP contribution in [0.5, 0.6) is 11.5 Å². The van der Waals surface area contributed by atoms with Crippen LogP contribution in [0.4, 0.5) is 123 Å². The zero-order chi connectivity index (χ0) is 70.3. The molecule has 36 heteroatoms. The Kier molecular flexibility index (Phi) is 24.4. The van der Waals surface area contributed by atoms with E-state index in [1.807, 2.05) is 44.2 Å². The lowest BCUT2D eigenvalue weighted by molar-refractivity contribution is -0.140. The Morgan fingerprint density at radius 3 is 0.787 bits per heavy atom. The number of alkyl halides is 12. The minimum absolute atomic E-state index is 0.432. The van der Waals surface area contributed by atoms with E-state index >= 15 is 35.1 Å². The van der Waals surface area contributed by atoms with Crippen LogP contribution in [0.1, 0.15) is 36.1 Å². The maximum atomic E-state index is 16.0. The fourth-order valence-corrected chi connectivity index (χ4v) is 12.0. The third kappa shape index (κ3) is 15.2. The van der Waals surface area contributed by atoms with Crippen LogP contribution >= 0.6 is 0 Å². The zero-order valence-corrected chi connectivity index (χ0v) is 47.9. The molecule has 0 bridgehead atoms. The summed E-state index contributed by atoms with van der Waals surface area (Å²) in [6.07, 6.45) is -39.5. The first kappa shape index (κ1) is 75.5. The molecule has 0 amide bonds. The maximum Gasteiger partial charge on any atom is 0.416 e. The van der Waals surface area contributed by atoms with Crippen molar-refractivity contribution in [2.24, 2.45) is 0 Å². The first-order valence-corrected chi connectivity index (χ1v) is 27.6. The maximum absolute atomic E-state index is 16.0. The lowest BCUT2D eigenvalue weighted by Crippen LogP contribution is -2.82. The Labute approximate surface area is 514 Å². The van der Waals surface area contributed by atoms with Gasteiger partial charge in [0.05, 0.1) is 61.9 Å². The third-order valence-corrected chi connectivity index (χ3v) is 15.6. The highest BCUT2D eigenvalue weighted by molar-refractivity contribution is 7.97. The van der Waals surface area contributed by atoms with Gasteiger partial charge in [-0.05, 0) is 50.2 Å². The summed E-state index contributed by atoms with van der Waals surface area (Å²) in [5.74, 6) is -68.1. The predicted octanol–water partition coefficient (Wildman–Crippen LogP) is 15.0. The van der Waals surface area contributed by atoms with Gasteiger partial charge in [0, 0.05) is 13.2 Å². The van der Waals surface area contributed by atoms with Gasteiger partial charge in [-0.25, -0.2) is 70.2 Å². The molecule has 7 aromatic rings. The molecule has 0 spiro atoms. The van der Waals surface area contributed by atoms with Crippen LogP contribution in [0.2, 0.25) is 0 Å². The number of benzene rings is 7. The molecule has 7 aromatic carbocycles. The number of rotatable bonds is 23. The zero-order valence-electron chi connectivity index (χ0n) is 47.1. The number of hydrogen-bond donors (Lipinski definition) is 0. The van der Waals surface area contributed by atoms with Gasteiger partial charge in [0.1, 0.15) is 53.5 Å². The Hall–Kier alpha value is -7.57. The topological polar surface area (TPSA) is 55.4 Å². The van der Waals surface area contributed by atoms with Gasteiger partial charge in [0.2, 0.25) is 9.79 Å². The smallest absolute Gasteiger partial charge is 0.416 e. The number of ether oxygens (including phenoxy) is 6. The molecule has 0 radical (unpaired) electrons. The van der Waals surface area contributed by atoms with Crippen molar-refractivity contribution >= 4 is 38.9 Å². The first-order chi connectivity index (χ1) is 43.9. The second-order valence-corrected chi connectivity index (χ2v) is 20.8. The van der Waals surface area contributed by atoms with E-state index in [2.05, 4.69) is 48.5 Å². The Morgan fingerprint density at radius 1 is 0.287 bits per heavy atom. The molecule has 94 heavy (non-hydrogen) atoms. The van der Waals surface area contributed by atoms with E-state index in [-0.39, 0.29) is 0 Å². The average molecular weight is 1410 g/mol. The van der Waals surface area contributed by atoms with Gasteiger partial charge < -0.3 is 28.4 Å². The van der Waals surface area contributed by atoms with E-state index in [1.54, 1.807) is 0 Å². The largest absolute Gasteiger partial charge is 0.486 e. The molecular weight excluding hydrogens is 1370 g/mol. The standard InChI is InChI=1S/C30H39O6S.C28BF28/c1-3-31-18-20-33-22-24-35-27-14-8-10-16-29(27)37(26-12-6-5-7-13-26)30-17-11-9-15-28(30)36-25-23-34-21-19-32-4-2;30-9-1(25(46,47)48)5(13(34)21(42)17(9)38)29(6-2(26(49,50)51)10(31)18(39)22(43)14(6)35,7-3(27(52,53)54)11(32)19(40)23(44)15(7)36)8-4(28(55,56)57)12(33)20(41)24(45)16(8)37/h5-17H,3-4,18-25H2,1-2H3;/q+1;-1. The van der Waals surface area contributed by atoms with Crippen LogP contribution in [0.3, 0.4) is 0 Å². The van der Waals surface area contributed by atoms with Gasteiger partial charge in [-0.2, -0.15) is 52.7 Å². The summed E-state index contributed by atoms with van der Waals surface area (Å²) in [5.41, 5.74) is -38.1. The van der Waals surface area contributed by atoms with Crippen molar-refractivity contribution in [2.75, 3.05) is 66.1 Å². The van der Waals surface area contributed by atoms with Crippen molar-refractivity contribution in [3.63, 3.8) is 0 Å². The summed E-state index contributed by atoms with van der Waals surface area (Å²) < 4.78 is 452. The average Bonchev–Trinajstić information content (AvgIpc) is 0.669. The quantitative estimate of drug-likeness (QED) is 0.0159. The van der Waals surface area contributed by atoms with E-state index in [9.17, 15) is 87.8 Å². The summed E-state index contributed by atoms with van der Waals surface area (Å²) in [7, 11) is -0.432. The minimum Gasteiger partial charge on any atom is -0.486 e. The van der Waals surface area contributed by atoms with Crippen molar-refractivity contribution < 1.29 is 151 Å². The molecule has 0 atom stereocenters. The Balaban J connectivity index is 0.000000326. The molecule has 512 valence electrons. The number of hydrogen-bond acceptors (Lipinski definition) is 6. The van der Waals surface area contributed by atoms with Crippen LogP contribution in [0.15, 0.2) is 93.5 Å². The molecule has 0 aliphatic carbocycles. The second-order valence-electron chi connectivity index (χ2n) is 18.9. The Bertz CT molecular complexity index is 3450. The van der Waals surface area contributed by atoms with Gasteiger partial charge >= 0.3 is 24.7 Å². The van der Waals surface area contributed by atoms with Gasteiger partial charge in [-0.15, -0.1) is 21.9 Å². The van der Waals surface area contributed by atoms with E-state index in [0.717, 1.165) is 21.3 Å². The predicted molar refractivity (Wildman–Crippen MR) is 276 cm³/mol. The molecule has 0 aromatic heterocycles. The molecule has 0 heterocycles. The molecule has 6 nitrogen and oxygen atoms in total. The number of halogens is 28. The van der Waals surface area contributed by atoms with E-state index in [4.69, 9.17) is 28.4 Å². The van der Waals surface area contributed by atoms with E-state index in [1.165, 1.54) is 4.90 Å². The highest BCUT2D eigenvalue weighted by Gasteiger charge is 2.60. The van der Waals surface area contributed by atoms with Crippen molar-refractivity contribution in [1.29, 1.82) is 0 Å². The molecule has 0 aliphatic heterocycles. The molecule has 0 N–H and O–H groups in total. The summed E-state index contributed by atoms with van der Waals surface area (Å²) in [5, 5.41) is 0. The molecule has 0 unspecified atom stereocenters. The monoisotopic (exact) mass is 1410 g/mol. The lowest BCUT2D eigenvalue weighted by atomic mass is 9.11. The highest BCUT2D eigenvalue weighted by Crippen LogP contribution is 2.45. The van der Waals surface area contributed by atoms with Gasteiger partial charge in [0.15, 0.2) is 86.2 Å². The van der Waals surface area contributed by atoms with Crippen LogP contribution in [0, 0.1) is 93.1 Å². The molecule has 0 saturated carbocycles. The van der Waals surface area contributed by atoms with Gasteiger partial charge in [0.25, 0.3) is 0 Å². The first-order valence-electron chi connectivity index (χ1n) is 26.3. The Morgan fingerprint density at radius 2 is 0.521 bits per heavy atom. The third-order valence-electron chi connectivity index (χ3n) is 13.3. The summed E-state index contributed by atoms with van der Waals surface area (Å²) in [6.45, 7) is 9.60. The normalized spacial score (nSPS) is 12.4. The van der Waals surface area contributed by atoms with Crippen LogP contribution in [-0.4, -0.2) is 72.2 Å². The molecule has 0 aliphatic rings. The van der Waals surface area contributed by atoms with Gasteiger partial charge in [-0.3, -0.25) is 0 Å². The minimum atomic E-state index is -8.89. The number of para-hydroxylation sites is 2. The van der Waals surface area contributed by atoms with Crippen molar-refractivity contribution in [1.82, 2.24) is 0 Å². The van der Waals surface area contributed by atoms with Crippen molar-refractivity contribution in [3.05, 3.63) is 194 Å². The summed E-state index contributed by atoms with van der Waals surface area (Å²) in [6, 6.07) is 26.9. The summed E-state index contributed by atoms with van der Waals surface area (Å²) in [4.78, 5) is 3.40. The molecular formula is C58H39BF28O6S. The summed E-state index contributed by atoms with van der Waals surface area (Å²) >= 11 is 0. The van der Waals surface area contributed by atoms with Crippen molar-refractivity contribution in [2.45, 2.75) is 53.2 Å². The van der Waals surface area contributed by atoms with E-state index < -0.39 is 179 Å². The fourth-order valence-electron chi connectivity index (χ4n) is 9.75. The highest BCUT2D eigenvalue weighted by atomic mass is 32.2. The van der Waals surface area contributed by atoms with Crippen molar-refractivity contribution in [3.8, 4) is 11.5 Å². The molecule has 0 fully saturated rings. The van der Waals surface area contributed by atoms with Gasteiger partial charge in [-0.1, -0.05) is 42.5 Å². The van der Waals surface area contributed by atoms with Crippen LogP contribution < -0.4 is 31.3 Å². The van der Waals surface area contributed by atoms with Crippen LogP contribution in [-0.2, 0) is 54.5 Å². The van der Waals surface area contributed by atoms with E-state index in [0.29, 0.717) is 66.1 Å². The van der Waals surface area contributed by atoms with Crippen LogP contribution in [0.25, 0.3) is 0 Å². The molecule has 7 rings (SSSR count). The second kappa shape index (κ2) is 30.4. The lowest BCUT2D eigenvalue weighted by Gasteiger charge is -2.49. The fraction of sp³-hybridized carbons (Fsp3) is 0.276. The molecule has 0 saturated heterocycles. The SMILES string of the molecule is CCOCCOCCOc1ccccc1[S+](c1ccccc1)c1ccccc1OCCOCCOCC.Fc1c(F)c(F)c(C(F)(F)F)c([B-](c2c(F)c(F)c(F)c(F)c2C(F)(F)F)(c2c(F)c(F)c(F)c(F)c2C(F)(F)F)c2c(F)c(F)c(F)c(F)c2C(F)(F)F)c1F.